The third-order valence-electron chi connectivity index (χ3n) is 2.40. The predicted molar refractivity (Wildman–Crippen MR) is 46.2 cm³/mol. The van der Waals surface area contributed by atoms with Crippen LogP contribution in [0.3, 0.4) is 0 Å². The van der Waals surface area contributed by atoms with E-state index in [1.54, 1.807) is 6.07 Å². The summed E-state index contributed by atoms with van der Waals surface area (Å²) in [5, 5.41) is 0. The fourth-order valence-electron chi connectivity index (χ4n) is 1.52. The van der Waals surface area contributed by atoms with Crippen LogP contribution < -0.4 is 5.56 Å². The van der Waals surface area contributed by atoms with Crippen molar-refractivity contribution in [2.75, 3.05) is 0 Å². The van der Waals surface area contributed by atoms with Crippen LogP contribution in [0.5, 0.6) is 0 Å². The Bertz CT molecular complexity index is 339. The van der Waals surface area contributed by atoms with Crippen LogP contribution >= 0.6 is 0 Å². The van der Waals surface area contributed by atoms with E-state index in [1.165, 1.54) is 19.3 Å². The average molecular weight is 164 g/mol. The highest BCUT2D eigenvalue weighted by molar-refractivity contribution is 5.10. The summed E-state index contributed by atoms with van der Waals surface area (Å²) in [5.41, 5.74) is 0.951. The molecule has 1 aliphatic carbocycles. The van der Waals surface area contributed by atoms with Crippen LogP contribution in [0.25, 0.3) is 0 Å². The first kappa shape index (κ1) is 7.53. The first-order valence-corrected chi connectivity index (χ1v) is 4.33. The van der Waals surface area contributed by atoms with Gasteiger partial charge in [-0.15, -0.1) is 0 Å². The molecule has 2 rings (SSSR count). The molecule has 0 aliphatic heterocycles. The second-order valence-electron chi connectivity index (χ2n) is 3.38. The lowest BCUT2D eigenvalue weighted by Gasteiger charge is -2.24. The summed E-state index contributed by atoms with van der Waals surface area (Å²) in [4.78, 5) is 18.0. The van der Waals surface area contributed by atoms with Gasteiger partial charge in [0.15, 0.2) is 0 Å². The van der Waals surface area contributed by atoms with Crippen molar-refractivity contribution >= 4 is 0 Å². The van der Waals surface area contributed by atoms with E-state index in [0.717, 1.165) is 11.5 Å². The highest BCUT2D eigenvalue weighted by atomic mass is 16.1. The molecule has 1 fully saturated rings. The second-order valence-corrected chi connectivity index (χ2v) is 3.38. The molecule has 0 saturated heterocycles. The predicted octanol–water partition coefficient (Wildman–Crippen LogP) is 1.35. The monoisotopic (exact) mass is 164 g/mol. The molecule has 0 radical (unpaired) electrons. The van der Waals surface area contributed by atoms with Crippen molar-refractivity contribution < 1.29 is 0 Å². The number of aromatic amines is 1. The van der Waals surface area contributed by atoms with Gasteiger partial charge in [0.2, 0.25) is 0 Å². The molecule has 0 bridgehead atoms. The fraction of sp³-hybridized carbons (Fsp3) is 0.556. The maximum Gasteiger partial charge on any atom is 0.251 e. The number of hydrogen-bond donors (Lipinski definition) is 1. The van der Waals surface area contributed by atoms with Gasteiger partial charge in [-0.2, -0.15) is 0 Å². The van der Waals surface area contributed by atoms with Gasteiger partial charge in [0, 0.05) is 12.0 Å². The minimum atomic E-state index is -0.0237. The number of nitrogens with one attached hydrogen (secondary N) is 1. The molecule has 1 aromatic heterocycles. The number of hydrogen-bond acceptors (Lipinski definition) is 2. The topological polar surface area (TPSA) is 45.8 Å². The molecular weight excluding hydrogens is 152 g/mol. The van der Waals surface area contributed by atoms with Crippen LogP contribution in [0.15, 0.2) is 10.9 Å². The van der Waals surface area contributed by atoms with E-state index < -0.39 is 0 Å². The molecular formula is C9H12N2O. The zero-order valence-corrected chi connectivity index (χ0v) is 7.13. The molecule has 1 saturated carbocycles. The Kier molecular flexibility index (Phi) is 1.71. The van der Waals surface area contributed by atoms with Crippen LogP contribution in [0.1, 0.15) is 36.7 Å². The van der Waals surface area contributed by atoms with E-state index in [0.29, 0.717) is 5.92 Å². The summed E-state index contributed by atoms with van der Waals surface area (Å²) in [6.07, 6.45) is 3.66. The van der Waals surface area contributed by atoms with Crippen molar-refractivity contribution in [2.45, 2.75) is 32.1 Å². The minimum Gasteiger partial charge on any atom is -0.311 e. The summed E-state index contributed by atoms with van der Waals surface area (Å²) in [6.45, 7) is 1.82. The van der Waals surface area contributed by atoms with Crippen LogP contribution in [-0.2, 0) is 0 Å². The van der Waals surface area contributed by atoms with E-state index in [1.807, 2.05) is 6.92 Å². The molecule has 1 aliphatic rings. The lowest BCUT2D eigenvalue weighted by atomic mass is 9.83. The van der Waals surface area contributed by atoms with Crippen molar-refractivity contribution in [2.24, 2.45) is 0 Å². The molecule has 3 heteroatoms. The Morgan fingerprint density at radius 3 is 2.83 bits per heavy atom. The summed E-state index contributed by atoms with van der Waals surface area (Å²) in [7, 11) is 0. The van der Waals surface area contributed by atoms with Gasteiger partial charge in [-0.3, -0.25) is 4.79 Å². The van der Waals surface area contributed by atoms with Crippen LogP contribution in [0, 0.1) is 6.92 Å². The quantitative estimate of drug-likeness (QED) is 0.680. The molecule has 3 nitrogen and oxygen atoms in total. The van der Waals surface area contributed by atoms with Gasteiger partial charge < -0.3 is 4.98 Å². The highest BCUT2D eigenvalue weighted by Gasteiger charge is 2.21. The Balaban J connectivity index is 2.36. The Hall–Kier alpha value is -1.12. The molecule has 0 spiro atoms. The van der Waals surface area contributed by atoms with Gasteiger partial charge in [-0.1, -0.05) is 6.42 Å². The summed E-state index contributed by atoms with van der Waals surface area (Å²) < 4.78 is 0. The largest absolute Gasteiger partial charge is 0.311 e. The van der Waals surface area contributed by atoms with Crippen molar-refractivity contribution in [3.05, 3.63) is 27.9 Å². The Labute approximate surface area is 70.9 Å². The van der Waals surface area contributed by atoms with Gasteiger partial charge in [0.25, 0.3) is 5.56 Å². The zero-order chi connectivity index (χ0) is 8.55. The van der Waals surface area contributed by atoms with Crippen molar-refractivity contribution in [1.82, 2.24) is 9.97 Å². The van der Waals surface area contributed by atoms with Gasteiger partial charge in [0.1, 0.15) is 5.82 Å². The molecule has 64 valence electrons. The average Bonchev–Trinajstić information content (AvgIpc) is 1.79. The third kappa shape index (κ3) is 1.26. The van der Waals surface area contributed by atoms with Gasteiger partial charge in [-0.05, 0) is 19.8 Å². The number of H-pyrrole nitrogens is 1. The van der Waals surface area contributed by atoms with Crippen molar-refractivity contribution in [3.63, 3.8) is 0 Å². The SMILES string of the molecule is Cc1nc(C2CCC2)cc(=O)[nH]1. The third-order valence-corrected chi connectivity index (χ3v) is 2.40. The van der Waals surface area contributed by atoms with Crippen LogP contribution in [0.2, 0.25) is 0 Å². The van der Waals surface area contributed by atoms with Crippen LogP contribution in [0.4, 0.5) is 0 Å². The number of rotatable bonds is 1. The Morgan fingerprint density at radius 2 is 2.33 bits per heavy atom. The maximum absolute atomic E-state index is 11.1. The molecule has 1 heterocycles. The number of nitrogens with zero attached hydrogens (tertiary/aromatic N) is 1. The maximum atomic E-state index is 11.1. The first-order valence-electron chi connectivity index (χ1n) is 4.33. The standard InChI is InChI=1S/C9H12N2O/c1-6-10-8(5-9(12)11-6)7-3-2-4-7/h5,7H,2-4H2,1H3,(H,10,11,12). The zero-order valence-electron chi connectivity index (χ0n) is 7.13. The van der Waals surface area contributed by atoms with E-state index >= 15 is 0 Å². The molecule has 12 heavy (non-hydrogen) atoms. The van der Waals surface area contributed by atoms with E-state index in [9.17, 15) is 4.79 Å². The van der Waals surface area contributed by atoms with Gasteiger partial charge >= 0.3 is 0 Å². The van der Waals surface area contributed by atoms with Crippen LogP contribution in [-0.4, -0.2) is 9.97 Å². The van der Waals surface area contributed by atoms with Gasteiger partial charge in [0.05, 0.1) is 5.69 Å². The Morgan fingerprint density at radius 1 is 1.58 bits per heavy atom. The fourth-order valence-corrected chi connectivity index (χ4v) is 1.52. The summed E-state index contributed by atoms with van der Waals surface area (Å²) in [5.74, 6) is 1.27. The molecule has 0 unspecified atom stereocenters. The first-order chi connectivity index (χ1) is 5.75. The van der Waals surface area contributed by atoms with E-state index in [4.69, 9.17) is 0 Å². The highest BCUT2D eigenvalue weighted by Crippen LogP contribution is 2.34. The summed E-state index contributed by atoms with van der Waals surface area (Å²) >= 11 is 0. The minimum absolute atomic E-state index is 0.0237. The lowest BCUT2D eigenvalue weighted by molar-refractivity contribution is 0.409. The molecule has 1 N–H and O–H groups in total. The second kappa shape index (κ2) is 2.73. The van der Waals surface area contributed by atoms with Crippen molar-refractivity contribution in [1.29, 1.82) is 0 Å². The van der Waals surface area contributed by atoms with E-state index in [2.05, 4.69) is 9.97 Å². The normalized spacial score (nSPS) is 17.4. The molecule has 0 atom stereocenters. The van der Waals surface area contributed by atoms with E-state index in [-0.39, 0.29) is 5.56 Å². The smallest absolute Gasteiger partial charge is 0.251 e. The lowest BCUT2D eigenvalue weighted by Crippen LogP contribution is -2.17. The van der Waals surface area contributed by atoms with Gasteiger partial charge in [-0.25, -0.2) is 4.98 Å². The molecule has 1 aromatic rings. The summed E-state index contributed by atoms with van der Waals surface area (Å²) in [6, 6.07) is 1.62. The molecule has 0 aromatic carbocycles. The number of aryl methyl sites for hydroxylation is 1. The van der Waals surface area contributed by atoms with Crippen molar-refractivity contribution in [3.8, 4) is 0 Å². The molecule has 0 amide bonds. The number of aromatic nitrogens is 2.